The van der Waals surface area contributed by atoms with Gasteiger partial charge < -0.3 is 9.52 Å². The molecule has 0 fully saturated rings. The Morgan fingerprint density at radius 1 is 1.11 bits per heavy atom. The van der Waals surface area contributed by atoms with Crippen molar-refractivity contribution in [3.05, 3.63) is 51.8 Å². The predicted molar refractivity (Wildman–Crippen MR) is 68.7 cm³/mol. The Morgan fingerprint density at radius 3 is 2.53 bits per heavy atom. The lowest BCUT2D eigenvalue weighted by Crippen LogP contribution is -2.12. The smallest absolute Gasteiger partial charge is 0.347 e. The van der Waals surface area contributed by atoms with Crippen LogP contribution in [0.3, 0.4) is 0 Å². The van der Waals surface area contributed by atoms with E-state index in [1.807, 2.05) is 0 Å². The van der Waals surface area contributed by atoms with E-state index >= 15 is 0 Å². The second-order valence-electron chi connectivity index (χ2n) is 4.73. The molecule has 0 saturated heterocycles. The zero-order chi connectivity index (χ0) is 13.4. The van der Waals surface area contributed by atoms with E-state index in [0.717, 1.165) is 12.8 Å². The molecule has 4 heteroatoms. The average molecular weight is 260 g/mol. The van der Waals surface area contributed by atoms with Crippen LogP contribution in [0.2, 0.25) is 0 Å². The number of aryl methyl sites for hydroxylation is 1. The maximum absolute atomic E-state index is 12.9. The number of hydrogen-bond acceptors (Lipinski definition) is 3. The molecule has 1 aliphatic carbocycles. The van der Waals surface area contributed by atoms with Crippen LogP contribution in [0, 0.1) is 5.82 Å². The highest BCUT2D eigenvalue weighted by Gasteiger charge is 2.22. The third-order valence-corrected chi connectivity index (χ3v) is 3.49. The van der Waals surface area contributed by atoms with Crippen molar-refractivity contribution in [1.29, 1.82) is 0 Å². The van der Waals surface area contributed by atoms with E-state index in [1.54, 1.807) is 0 Å². The van der Waals surface area contributed by atoms with E-state index in [4.69, 9.17) is 4.42 Å². The van der Waals surface area contributed by atoms with E-state index in [0.29, 0.717) is 29.7 Å². The number of fused-ring (bicyclic) bond motifs is 1. The summed E-state index contributed by atoms with van der Waals surface area (Å²) in [5, 5.41) is 10.3. The van der Waals surface area contributed by atoms with Crippen LogP contribution < -0.4 is 5.63 Å². The van der Waals surface area contributed by atoms with Gasteiger partial charge in [0, 0.05) is 12.0 Å². The lowest BCUT2D eigenvalue weighted by atomic mass is 9.93. The molecule has 0 bridgehead atoms. The lowest BCUT2D eigenvalue weighted by Gasteiger charge is -2.16. The summed E-state index contributed by atoms with van der Waals surface area (Å²) in [5.74, 6) is 0.183. The third-order valence-electron chi connectivity index (χ3n) is 3.49. The van der Waals surface area contributed by atoms with Crippen molar-refractivity contribution in [2.75, 3.05) is 0 Å². The van der Waals surface area contributed by atoms with Crippen LogP contribution in [0.5, 0.6) is 5.75 Å². The van der Waals surface area contributed by atoms with Gasteiger partial charge in [0.1, 0.15) is 22.9 Å². The van der Waals surface area contributed by atoms with Gasteiger partial charge in [0.05, 0.1) is 0 Å². The molecule has 2 aromatic rings. The normalized spacial score (nSPS) is 14.2. The zero-order valence-electron chi connectivity index (χ0n) is 10.3. The minimum Gasteiger partial charge on any atom is -0.507 e. The van der Waals surface area contributed by atoms with Gasteiger partial charge in [-0.2, -0.15) is 0 Å². The monoisotopic (exact) mass is 260 g/mol. The summed E-state index contributed by atoms with van der Waals surface area (Å²) >= 11 is 0. The predicted octanol–water partition coefficient (Wildman–Crippen LogP) is 3.03. The topological polar surface area (TPSA) is 50.4 Å². The Morgan fingerprint density at radius 2 is 1.79 bits per heavy atom. The highest BCUT2D eigenvalue weighted by atomic mass is 19.1. The fourth-order valence-electron chi connectivity index (χ4n) is 2.52. The van der Waals surface area contributed by atoms with Crippen LogP contribution in [-0.4, -0.2) is 5.11 Å². The molecule has 0 aliphatic heterocycles. The molecular formula is C15H13FO3. The maximum atomic E-state index is 12.9. The van der Waals surface area contributed by atoms with Gasteiger partial charge >= 0.3 is 5.63 Å². The molecule has 1 aromatic heterocycles. The van der Waals surface area contributed by atoms with Gasteiger partial charge in [0.2, 0.25) is 0 Å². The third kappa shape index (κ3) is 2.03. The molecular weight excluding hydrogens is 247 g/mol. The Balaban J connectivity index is 2.21. The molecule has 0 amide bonds. The summed E-state index contributed by atoms with van der Waals surface area (Å²) in [6.45, 7) is 0. The van der Waals surface area contributed by atoms with E-state index in [9.17, 15) is 14.3 Å². The van der Waals surface area contributed by atoms with Crippen LogP contribution in [0.4, 0.5) is 4.39 Å². The largest absolute Gasteiger partial charge is 0.507 e. The standard InChI is InChI=1S/C15H13FO3/c16-10-7-5-9(6-8-10)13-14(17)11-3-1-2-4-12(11)19-15(13)18/h5-8,17H,1-4H2. The molecule has 1 heterocycles. The van der Waals surface area contributed by atoms with Gasteiger partial charge in [0.25, 0.3) is 0 Å². The molecule has 0 atom stereocenters. The molecule has 98 valence electrons. The molecule has 3 rings (SSSR count). The second kappa shape index (κ2) is 4.53. The van der Waals surface area contributed by atoms with Crippen molar-refractivity contribution in [2.24, 2.45) is 0 Å². The molecule has 0 radical (unpaired) electrons. The summed E-state index contributed by atoms with van der Waals surface area (Å²) in [4.78, 5) is 12.0. The quantitative estimate of drug-likeness (QED) is 0.857. The van der Waals surface area contributed by atoms with Gasteiger partial charge in [-0.15, -0.1) is 0 Å². The molecule has 1 N–H and O–H groups in total. The first-order chi connectivity index (χ1) is 9.16. The van der Waals surface area contributed by atoms with E-state index < -0.39 is 5.63 Å². The molecule has 1 aromatic carbocycles. The van der Waals surface area contributed by atoms with Crippen LogP contribution >= 0.6 is 0 Å². The number of rotatable bonds is 1. The fourth-order valence-corrected chi connectivity index (χ4v) is 2.52. The summed E-state index contributed by atoms with van der Waals surface area (Å²) in [5.41, 5.74) is 0.747. The number of hydrogen-bond donors (Lipinski definition) is 1. The van der Waals surface area contributed by atoms with E-state index in [-0.39, 0.29) is 17.1 Å². The van der Waals surface area contributed by atoms with Crippen molar-refractivity contribution in [3.63, 3.8) is 0 Å². The summed E-state index contributed by atoms with van der Waals surface area (Å²) in [6.07, 6.45) is 3.32. The molecule has 3 nitrogen and oxygen atoms in total. The Bertz CT molecular complexity index is 671. The molecule has 19 heavy (non-hydrogen) atoms. The number of aromatic hydroxyl groups is 1. The second-order valence-corrected chi connectivity index (χ2v) is 4.73. The lowest BCUT2D eigenvalue weighted by molar-refractivity contribution is 0.397. The molecule has 0 saturated carbocycles. The molecule has 1 aliphatic rings. The minimum absolute atomic E-state index is 0.0161. The first-order valence-electron chi connectivity index (χ1n) is 6.30. The minimum atomic E-state index is -0.565. The van der Waals surface area contributed by atoms with E-state index in [1.165, 1.54) is 24.3 Å². The van der Waals surface area contributed by atoms with Gasteiger partial charge in [0.15, 0.2) is 0 Å². The number of benzene rings is 1. The number of halogens is 1. The summed E-state index contributed by atoms with van der Waals surface area (Å²) in [6, 6.07) is 5.45. The van der Waals surface area contributed by atoms with Crippen molar-refractivity contribution in [3.8, 4) is 16.9 Å². The Hall–Kier alpha value is -2.10. The summed E-state index contributed by atoms with van der Waals surface area (Å²) in [7, 11) is 0. The van der Waals surface area contributed by atoms with Crippen LogP contribution in [-0.2, 0) is 12.8 Å². The fraction of sp³-hybridized carbons (Fsp3) is 0.267. The average Bonchev–Trinajstić information content (AvgIpc) is 2.41. The zero-order valence-corrected chi connectivity index (χ0v) is 10.3. The van der Waals surface area contributed by atoms with Crippen LogP contribution in [0.25, 0.3) is 11.1 Å². The first-order valence-corrected chi connectivity index (χ1v) is 6.30. The van der Waals surface area contributed by atoms with Gasteiger partial charge in [-0.25, -0.2) is 9.18 Å². The highest BCUT2D eigenvalue weighted by molar-refractivity contribution is 5.70. The van der Waals surface area contributed by atoms with Crippen molar-refractivity contribution in [1.82, 2.24) is 0 Å². The summed E-state index contributed by atoms with van der Waals surface area (Å²) < 4.78 is 18.2. The van der Waals surface area contributed by atoms with Crippen molar-refractivity contribution in [2.45, 2.75) is 25.7 Å². The van der Waals surface area contributed by atoms with Crippen LogP contribution in [0.1, 0.15) is 24.2 Å². The highest BCUT2D eigenvalue weighted by Crippen LogP contribution is 2.34. The van der Waals surface area contributed by atoms with Gasteiger partial charge in [-0.1, -0.05) is 12.1 Å². The van der Waals surface area contributed by atoms with Gasteiger partial charge in [-0.05, 0) is 37.0 Å². The molecule has 0 unspecified atom stereocenters. The Kier molecular flexibility index (Phi) is 2.85. The van der Waals surface area contributed by atoms with Crippen molar-refractivity contribution < 1.29 is 13.9 Å². The molecule has 0 spiro atoms. The van der Waals surface area contributed by atoms with Crippen LogP contribution in [0.15, 0.2) is 33.5 Å². The SMILES string of the molecule is O=c1oc2c(c(O)c1-c1ccc(F)cc1)CCCC2. The van der Waals surface area contributed by atoms with Gasteiger partial charge in [-0.3, -0.25) is 0 Å². The Labute approximate surface area is 109 Å². The first kappa shape index (κ1) is 12.0. The van der Waals surface area contributed by atoms with Crippen molar-refractivity contribution >= 4 is 0 Å². The maximum Gasteiger partial charge on any atom is 0.347 e. The van der Waals surface area contributed by atoms with E-state index in [2.05, 4.69) is 0 Å².